The summed E-state index contributed by atoms with van der Waals surface area (Å²) in [6.07, 6.45) is 0. The molecule has 0 fully saturated rings. The Morgan fingerprint density at radius 3 is 2.50 bits per heavy atom. The first-order chi connectivity index (χ1) is 13.6. The molecule has 2 aromatic rings. The van der Waals surface area contributed by atoms with Crippen LogP contribution in [0.15, 0.2) is 59.8 Å². The van der Waals surface area contributed by atoms with Crippen LogP contribution in [-0.4, -0.2) is 37.6 Å². The number of hydrogen-bond donors (Lipinski definition) is 2. The Kier molecular flexibility index (Phi) is 4.65. The maximum Gasteiger partial charge on any atom is 0.319 e. The molecule has 144 valence electrons. The molecule has 0 saturated carbocycles. The Balaban J connectivity index is 1.65. The van der Waals surface area contributed by atoms with Gasteiger partial charge in [0.1, 0.15) is 0 Å². The molecule has 0 spiro atoms. The molecular formula is C21H21N3O4. The van der Waals surface area contributed by atoms with E-state index in [-0.39, 0.29) is 11.9 Å². The minimum Gasteiger partial charge on any atom is -0.493 e. The Morgan fingerprint density at radius 1 is 1.04 bits per heavy atom. The lowest BCUT2D eigenvalue weighted by Gasteiger charge is -2.26. The summed E-state index contributed by atoms with van der Waals surface area (Å²) in [4.78, 5) is 27.1. The lowest BCUT2D eigenvalue weighted by molar-refractivity contribution is -0.126. The molecule has 7 heteroatoms. The van der Waals surface area contributed by atoms with Gasteiger partial charge in [0.05, 0.1) is 38.1 Å². The van der Waals surface area contributed by atoms with Crippen molar-refractivity contribution >= 4 is 11.9 Å². The third-order valence-electron chi connectivity index (χ3n) is 4.98. The molecule has 0 aliphatic carbocycles. The van der Waals surface area contributed by atoms with Gasteiger partial charge in [0, 0.05) is 6.54 Å². The SMILES string of the molecule is COc1ccc(C2NC(=O)NC3=C2C(=O)N(Cc2ccccc2)C3)cc1OC. The molecule has 4 rings (SSSR count). The molecule has 3 amide bonds. The fourth-order valence-electron chi connectivity index (χ4n) is 3.64. The predicted octanol–water partition coefficient (Wildman–Crippen LogP) is 2.35. The van der Waals surface area contributed by atoms with Crippen molar-refractivity contribution in [1.29, 1.82) is 0 Å². The van der Waals surface area contributed by atoms with Crippen molar-refractivity contribution < 1.29 is 19.1 Å². The quantitative estimate of drug-likeness (QED) is 0.836. The predicted molar refractivity (Wildman–Crippen MR) is 103 cm³/mol. The van der Waals surface area contributed by atoms with E-state index in [0.717, 1.165) is 11.1 Å². The van der Waals surface area contributed by atoms with Crippen molar-refractivity contribution in [3.8, 4) is 11.5 Å². The molecule has 2 aliphatic rings. The topological polar surface area (TPSA) is 79.9 Å². The van der Waals surface area contributed by atoms with Gasteiger partial charge in [0.25, 0.3) is 5.91 Å². The highest BCUT2D eigenvalue weighted by Gasteiger charge is 2.40. The first-order valence-electron chi connectivity index (χ1n) is 8.96. The van der Waals surface area contributed by atoms with E-state index in [2.05, 4.69) is 10.6 Å². The third kappa shape index (κ3) is 3.15. The zero-order chi connectivity index (χ0) is 19.7. The van der Waals surface area contributed by atoms with E-state index in [1.54, 1.807) is 31.3 Å². The Bertz CT molecular complexity index is 955. The average molecular weight is 379 g/mol. The average Bonchev–Trinajstić information content (AvgIpc) is 3.02. The van der Waals surface area contributed by atoms with Crippen LogP contribution in [0.25, 0.3) is 0 Å². The van der Waals surface area contributed by atoms with Crippen LogP contribution in [0.1, 0.15) is 17.2 Å². The van der Waals surface area contributed by atoms with Gasteiger partial charge in [-0.3, -0.25) is 4.79 Å². The van der Waals surface area contributed by atoms with Crippen LogP contribution in [0.3, 0.4) is 0 Å². The summed E-state index contributed by atoms with van der Waals surface area (Å²) in [5.74, 6) is 1.04. The van der Waals surface area contributed by atoms with Crippen LogP contribution in [0.4, 0.5) is 4.79 Å². The number of hydrogen-bond acceptors (Lipinski definition) is 4. The summed E-state index contributed by atoms with van der Waals surface area (Å²) < 4.78 is 10.6. The Labute approximate surface area is 162 Å². The summed E-state index contributed by atoms with van der Waals surface area (Å²) >= 11 is 0. The van der Waals surface area contributed by atoms with Gasteiger partial charge in [0.2, 0.25) is 0 Å². The minimum atomic E-state index is -0.545. The number of methoxy groups -OCH3 is 2. The second-order valence-electron chi connectivity index (χ2n) is 6.68. The molecule has 1 unspecified atom stereocenters. The minimum absolute atomic E-state index is 0.0915. The fourth-order valence-corrected chi connectivity index (χ4v) is 3.64. The van der Waals surface area contributed by atoms with Crippen LogP contribution in [0, 0.1) is 0 Å². The molecule has 1 atom stereocenters. The van der Waals surface area contributed by atoms with Gasteiger partial charge in [-0.2, -0.15) is 0 Å². The third-order valence-corrected chi connectivity index (χ3v) is 4.98. The number of urea groups is 1. The summed E-state index contributed by atoms with van der Waals surface area (Å²) in [6, 6.07) is 14.3. The van der Waals surface area contributed by atoms with Gasteiger partial charge < -0.3 is 25.0 Å². The lowest BCUT2D eigenvalue weighted by atomic mass is 9.96. The van der Waals surface area contributed by atoms with E-state index < -0.39 is 6.04 Å². The van der Waals surface area contributed by atoms with Crippen LogP contribution in [-0.2, 0) is 11.3 Å². The van der Waals surface area contributed by atoms with Gasteiger partial charge in [-0.15, -0.1) is 0 Å². The summed E-state index contributed by atoms with van der Waals surface area (Å²) in [5, 5.41) is 5.64. The van der Waals surface area contributed by atoms with Crippen LogP contribution in [0.2, 0.25) is 0 Å². The lowest BCUT2D eigenvalue weighted by Crippen LogP contribution is -2.44. The number of nitrogens with one attached hydrogen (secondary N) is 2. The zero-order valence-corrected chi connectivity index (χ0v) is 15.7. The van der Waals surface area contributed by atoms with Crippen LogP contribution >= 0.6 is 0 Å². The number of rotatable bonds is 5. The van der Waals surface area contributed by atoms with Crippen LogP contribution < -0.4 is 20.1 Å². The van der Waals surface area contributed by atoms with Crippen molar-refractivity contribution in [1.82, 2.24) is 15.5 Å². The molecule has 0 bridgehead atoms. The largest absolute Gasteiger partial charge is 0.493 e. The summed E-state index contributed by atoms with van der Waals surface area (Å²) in [6.45, 7) is 0.863. The Morgan fingerprint density at radius 2 is 1.79 bits per heavy atom. The van der Waals surface area contributed by atoms with Gasteiger partial charge in [0.15, 0.2) is 11.5 Å². The number of benzene rings is 2. The number of carbonyl (C=O) groups is 2. The molecule has 0 radical (unpaired) electrons. The summed E-state index contributed by atoms with van der Waals surface area (Å²) in [5.41, 5.74) is 3.00. The van der Waals surface area contributed by atoms with Crippen molar-refractivity contribution in [3.63, 3.8) is 0 Å². The first kappa shape index (κ1) is 17.9. The van der Waals surface area contributed by atoms with E-state index in [1.165, 1.54) is 0 Å². The standard InChI is InChI=1S/C21H21N3O4/c1-27-16-9-8-14(10-17(16)28-2)19-18-15(22-21(26)23-19)12-24(20(18)25)11-13-6-4-3-5-7-13/h3-10,19H,11-12H2,1-2H3,(H2,22,23,26). The van der Waals surface area contributed by atoms with Crippen molar-refractivity contribution in [2.24, 2.45) is 0 Å². The number of carbonyl (C=O) groups excluding carboxylic acids is 2. The van der Waals surface area contributed by atoms with Crippen molar-refractivity contribution in [3.05, 3.63) is 70.9 Å². The van der Waals surface area contributed by atoms with Crippen molar-refractivity contribution in [2.75, 3.05) is 20.8 Å². The molecule has 28 heavy (non-hydrogen) atoms. The van der Waals surface area contributed by atoms with E-state index in [1.807, 2.05) is 36.4 Å². The molecule has 0 saturated heterocycles. The fraction of sp³-hybridized carbons (Fsp3) is 0.238. The second-order valence-corrected chi connectivity index (χ2v) is 6.68. The maximum atomic E-state index is 13.1. The smallest absolute Gasteiger partial charge is 0.319 e. The zero-order valence-electron chi connectivity index (χ0n) is 15.7. The van der Waals surface area contributed by atoms with E-state index >= 15 is 0 Å². The normalized spacial score (nSPS) is 18.5. The molecule has 2 aromatic carbocycles. The highest BCUT2D eigenvalue weighted by molar-refractivity contribution is 6.01. The second kappa shape index (κ2) is 7.26. The molecule has 2 N–H and O–H groups in total. The molecule has 2 heterocycles. The number of ether oxygens (including phenoxy) is 2. The van der Waals surface area contributed by atoms with Gasteiger partial charge in [-0.05, 0) is 23.3 Å². The molecule has 0 aromatic heterocycles. The van der Waals surface area contributed by atoms with Gasteiger partial charge in [-0.1, -0.05) is 36.4 Å². The van der Waals surface area contributed by atoms with E-state index in [4.69, 9.17) is 9.47 Å². The highest BCUT2D eigenvalue weighted by Crippen LogP contribution is 2.36. The van der Waals surface area contributed by atoms with E-state index in [9.17, 15) is 9.59 Å². The maximum absolute atomic E-state index is 13.1. The number of nitrogens with zero attached hydrogens (tertiary/aromatic N) is 1. The van der Waals surface area contributed by atoms with E-state index in [0.29, 0.717) is 35.9 Å². The Hall–Kier alpha value is -3.48. The van der Waals surface area contributed by atoms with Crippen LogP contribution in [0.5, 0.6) is 11.5 Å². The first-order valence-corrected chi connectivity index (χ1v) is 8.96. The summed E-state index contributed by atoms with van der Waals surface area (Å²) in [7, 11) is 3.11. The molecular weight excluding hydrogens is 358 g/mol. The van der Waals surface area contributed by atoms with Gasteiger partial charge >= 0.3 is 6.03 Å². The van der Waals surface area contributed by atoms with Gasteiger partial charge in [-0.25, -0.2) is 4.79 Å². The molecule has 2 aliphatic heterocycles. The van der Waals surface area contributed by atoms with Crippen molar-refractivity contribution in [2.45, 2.75) is 12.6 Å². The highest BCUT2D eigenvalue weighted by atomic mass is 16.5. The monoisotopic (exact) mass is 379 g/mol. The molecule has 7 nitrogen and oxygen atoms in total. The number of amides is 3.